The number of rotatable bonds is 4. The number of nitrogens with zero attached hydrogens (tertiary/aromatic N) is 2. The highest BCUT2D eigenvalue weighted by atomic mass is 16.6. The molecule has 164 valence electrons. The Bertz CT molecular complexity index is 1510. The predicted molar refractivity (Wildman–Crippen MR) is 121 cm³/mol. The third-order valence-electron chi connectivity index (χ3n) is 5.61. The van der Waals surface area contributed by atoms with Crippen molar-refractivity contribution in [3.8, 4) is 34.4 Å². The fraction of sp³-hybridized carbons (Fsp3) is 0.0800. The minimum Gasteiger partial charge on any atom is -0.870 e. The van der Waals surface area contributed by atoms with Crippen LogP contribution >= 0.6 is 0 Å². The number of benzene rings is 3. The van der Waals surface area contributed by atoms with E-state index in [1.54, 1.807) is 6.07 Å². The van der Waals surface area contributed by atoms with E-state index in [1.807, 2.05) is 53.2 Å². The number of ether oxygens (including phenoxy) is 2. The maximum atomic E-state index is 11.8. The van der Waals surface area contributed by atoms with Gasteiger partial charge in [-0.2, -0.15) is 0 Å². The van der Waals surface area contributed by atoms with Gasteiger partial charge in [-0.05, 0) is 34.7 Å². The third-order valence-corrected chi connectivity index (χ3v) is 5.61. The molecule has 0 bridgehead atoms. The SMILES string of the molecule is O=c1ccc2cccc(-c3ccc(CC[n+]4[nH]nc5c4Oc4ccccc4O5)cc3)c2[nH]1.[OH-]. The summed E-state index contributed by atoms with van der Waals surface area (Å²) < 4.78 is 13.6. The lowest BCUT2D eigenvalue weighted by Crippen LogP contribution is -2.38. The molecule has 0 saturated heterocycles. The summed E-state index contributed by atoms with van der Waals surface area (Å²) in [5, 5.41) is 8.20. The summed E-state index contributed by atoms with van der Waals surface area (Å²) >= 11 is 0. The molecule has 0 saturated carbocycles. The summed E-state index contributed by atoms with van der Waals surface area (Å²) in [6.07, 6.45) is 0.789. The van der Waals surface area contributed by atoms with Crippen LogP contribution in [0.25, 0.3) is 22.0 Å². The van der Waals surface area contributed by atoms with Crippen LogP contribution in [0.15, 0.2) is 83.7 Å². The molecule has 3 heterocycles. The molecule has 8 nitrogen and oxygen atoms in total. The smallest absolute Gasteiger partial charge is 0.447 e. The van der Waals surface area contributed by atoms with Gasteiger partial charge in [0.1, 0.15) is 6.54 Å². The predicted octanol–water partition coefficient (Wildman–Crippen LogP) is 4.17. The van der Waals surface area contributed by atoms with Crippen LogP contribution in [0.2, 0.25) is 0 Å². The van der Waals surface area contributed by atoms with Crippen molar-refractivity contribution in [2.24, 2.45) is 0 Å². The first-order chi connectivity index (χ1) is 15.7. The monoisotopic (exact) mass is 440 g/mol. The molecule has 1 aliphatic rings. The second-order valence-corrected chi connectivity index (χ2v) is 7.66. The number of aromatic amines is 2. The van der Waals surface area contributed by atoms with Crippen molar-refractivity contribution in [2.45, 2.75) is 13.0 Å². The van der Waals surface area contributed by atoms with Gasteiger partial charge in [-0.15, -0.1) is 4.68 Å². The lowest BCUT2D eigenvalue weighted by molar-refractivity contribution is -0.756. The number of nitrogens with one attached hydrogen (secondary N) is 2. The Morgan fingerprint density at radius 2 is 1.64 bits per heavy atom. The molecule has 0 spiro atoms. The summed E-state index contributed by atoms with van der Waals surface area (Å²) in [5.41, 5.74) is 3.99. The quantitative estimate of drug-likeness (QED) is 0.399. The zero-order chi connectivity index (χ0) is 21.5. The number of para-hydroxylation sites is 3. The highest BCUT2D eigenvalue weighted by Gasteiger charge is 2.32. The van der Waals surface area contributed by atoms with Gasteiger partial charge in [0.15, 0.2) is 11.5 Å². The lowest BCUT2D eigenvalue weighted by atomic mass is 10.00. The standard InChI is InChI=1S/C25H18N4O3.H2O/c30-22-13-12-18-4-3-5-19(23(18)26-22)17-10-8-16(9-11-17)14-15-29-25-24(27-28-29)31-20-6-1-2-7-21(20)32-25;/h1-13H,14-15H2,(H,26,30);1H2. The van der Waals surface area contributed by atoms with E-state index < -0.39 is 0 Å². The largest absolute Gasteiger partial charge is 0.870 e. The van der Waals surface area contributed by atoms with Crippen LogP contribution in [0.4, 0.5) is 0 Å². The van der Waals surface area contributed by atoms with Gasteiger partial charge in [0, 0.05) is 18.1 Å². The van der Waals surface area contributed by atoms with Crippen LogP contribution < -0.4 is 19.7 Å². The topological polar surface area (TPSA) is 114 Å². The van der Waals surface area contributed by atoms with Gasteiger partial charge in [-0.1, -0.05) is 59.8 Å². The summed E-state index contributed by atoms with van der Waals surface area (Å²) in [7, 11) is 0. The molecule has 2 aromatic heterocycles. The van der Waals surface area contributed by atoms with E-state index >= 15 is 0 Å². The fourth-order valence-electron chi connectivity index (χ4n) is 3.97. The van der Waals surface area contributed by atoms with Gasteiger partial charge < -0.3 is 19.9 Å². The third kappa shape index (κ3) is 3.72. The average molecular weight is 440 g/mol. The van der Waals surface area contributed by atoms with Crippen molar-refractivity contribution in [1.82, 2.24) is 15.3 Å². The van der Waals surface area contributed by atoms with Crippen LogP contribution in [-0.4, -0.2) is 20.8 Å². The van der Waals surface area contributed by atoms with Crippen LogP contribution in [0.1, 0.15) is 5.56 Å². The van der Waals surface area contributed by atoms with E-state index in [9.17, 15) is 4.79 Å². The van der Waals surface area contributed by atoms with Crippen LogP contribution in [0.5, 0.6) is 23.3 Å². The Hall–Kier alpha value is -4.43. The molecule has 1 aliphatic heterocycles. The molecular weight excluding hydrogens is 420 g/mol. The van der Waals surface area contributed by atoms with Gasteiger partial charge in [-0.3, -0.25) is 4.79 Å². The van der Waals surface area contributed by atoms with E-state index in [0.717, 1.165) is 28.5 Å². The van der Waals surface area contributed by atoms with Crippen molar-refractivity contribution in [1.29, 1.82) is 0 Å². The molecule has 6 rings (SSSR count). The number of aryl methyl sites for hydroxylation is 2. The second-order valence-electron chi connectivity index (χ2n) is 7.66. The first-order valence-corrected chi connectivity index (χ1v) is 10.4. The van der Waals surface area contributed by atoms with E-state index in [4.69, 9.17) is 9.47 Å². The fourth-order valence-corrected chi connectivity index (χ4v) is 3.97. The number of hydrogen-bond donors (Lipinski definition) is 2. The first-order valence-electron chi connectivity index (χ1n) is 10.4. The number of fused-ring (bicyclic) bond motifs is 3. The molecular formula is C25H20N4O4. The molecule has 3 N–H and O–H groups in total. The van der Waals surface area contributed by atoms with Crippen LogP contribution in [-0.2, 0) is 13.0 Å². The Morgan fingerprint density at radius 1 is 0.848 bits per heavy atom. The summed E-state index contributed by atoms with van der Waals surface area (Å²) in [6.45, 7) is 0.662. The van der Waals surface area contributed by atoms with Gasteiger partial charge >= 0.3 is 11.8 Å². The summed E-state index contributed by atoms with van der Waals surface area (Å²) in [5.74, 6) is 2.33. The van der Waals surface area contributed by atoms with Crippen molar-refractivity contribution in [3.63, 3.8) is 0 Å². The summed E-state index contributed by atoms with van der Waals surface area (Å²) in [6, 6.07) is 25.3. The van der Waals surface area contributed by atoms with E-state index in [0.29, 0.717) is 29.8 Å². The van der Waals surface area contributed by atoms with E-state index in [2.05, 4.69) is 39.6 Å². The van der Waals surface area contributed by atoms with Crippen LogP contribution in [0.3, 0.4) is 0 Å². The molecule has 0 radical (unpaired) electrons. The van der Waals surface area contributed by atoms with Crippen molar-refractivity contribution >= 4 is 10.9 Å². The maximum absolute atomic E-state index is 11.8. The van der Waals surface area contributed by atoms with Gasteiger partial charge in [0.25, 0.3) is 0 Å². The Balaban J connectivity index is 0.00000228. The first kappa shape index (κ1) is 20.5. The average Bonchev–Trinajstić information content (AvgIpc) is 3.23. The highest BCUT2D eigenvalue weighted by molar-refractivity contribution is 5.93. The van der Waals surface area contributed by atoms with Gasteiger partial charge in [0.05, 0.1) is 10.6 Å². The Morgan fingerprint density at radius 3 is 2.45 bits per heavy atom. The number of aromatic nitrogens is 4. The molecule has 0 unspecified atom stereocenters. The Kier molecular flexibility index (Phi) is 5.12. The van der Waals surface area contributed by atoms with Gasteiger partial charge in [0.2, 0.25) is 5.56 Å². The molecule has 5 aromatic rings. The van der Waals surface area contributed by atoms with Gasteiger partial charge in [-0.25, -0.2) is 0 Å². The second kappa shape index (κ2) is 8.25. The zero-order valence-electron chi connectivity index (χ0n) is 17.5. The molecule has 0 atom stereocenters. The minimum absolute atomic E-state index is 0. The molecule has 3 aromatic carbocycles. The zero-order valence-corrected chi connectivity index (χ0v) is 17.5. The van der Waals surface area contributed by atoms with Crippen molar-refractivity contribution < 1.29 is 19.6 Å². The normalized spacial score (nSPS) is 11.6. The van der Waals surface area contributed by atoms with Crippen molar-refractivity contribution in [2.75, 3.05) is 0 Å². The maximum Gasteiger partial charge on any atom is 0.447 e. The van der Waals surface area contributed by atoms with E-state index in [1.165, 1.54) is 5.56 Å². The molecule has 33 heavy (non-hydrogen) atoms. The highest BCUT2D eigenvalue weighted by Crippen LogP contribution is 2.41. The number of pyridine rings is 1. The number of H-pyrrole nitrogens is 2. The molecule has 0 amide bonds. The molecule has 8 heteroatoms. The van der Waals surface area contributed by atoms with Crippen molar-refractivity contribution in [3.05, 3.63) is 94.8 Å². The van der Waals surface area contributed by atoms with Crippen LogP contribution in [0, 0.1) is 0 Å². The summed E-state index contributed by atoms with van der Waals surface area (Å²) in [4.78, 5) is 14.8. The molecule has 0 fully saturated rings. The minimum atomic E-state index is -0.102. The molecule has 0 aliphatic carbocycles. The lowest BCUT2D eigenvalue weighted by Gasteiger charge is -2.12. The van der Waals surface area contributed by atoms with E-state index in [-0.39, 0.29) is 11.0 Å². The Labute approximate surface area is 188 Å². The number of hydrogen-bond acceptors (Lipinski definition) is 5.